The molecule has 2 aromatic carbocycles. The number of imidazole rings is 1. The van der Waals surface area contributed by atoms with E-state index in [-0.39, 0.29) is 18.0 Å². The minimum absolute atomic E-state index is 0.00800. The van der Waals surface area contributed by atoms with Crippen molar-refractivity contribution in [2.45, 2.75) is 13.1 Å². The summed E-state index contributed by atoms with van der Waals surface area (Å²) in [6, 6.07) is 15.5. The molecule has 0 spiro atoms. The number of halogens is 1. The first-order chi connectivity index (χ1) is 17.0. The van der Waals surface area contributed by atoms with Gasteiger partial charge in [-0.2, -0.15) is 9.97 Å². The third-order valence-electron chi connectivity index (χ3n) is 4.94. The van der Waals surface area contributed by atoms with Gasteiger partial charge in [0.25, 0.3) is 0 Å². The van der Waals surface area contributed by atoms with Crippen molar-refractivity contribution in [1.29, 1.82) is 0 Å². The van der Waals surface area contributed by atoms with Gasteiger partial charge in [-0.3, -0.25) is 9.36 Å². The predicted octanol–water partition coefficient (Wildman–Crippen LogP) is 3.35. The van der Waals surface area contributed by atoms with Crippen molar-refractivity contribution in [1.82, 2.24) is 24.8 Å². The number of hydrogen-bond donors (Lipinski definition) is 4. The lowest BCUT2D eigenvalue weighted by atomic mass is 10.1. The van der Waals surface area contributed by atoms with Crippen LogP contribution in [0, 0.1) is 0 Å². The summed E-state index contributed by atoms with van der Waals surface area (Å²) in [6.45, 7) is 0.702. The second-order valence-corrected chi connectivity index (χ2v) is 7.96. The van der Waals surface area contributed by atoms with Crippen molar-refractivity contribution in [3.8, 4) is 5.82 Å². The Kier molecular flexibility index (Phi) is 7.53. The molecular weight excluding hydrogens is 470 g/mol. The van der Waals surface area contributed by atoms with Crippen LogP contribution in [0.15, 0.2) is 73.3 Å². The summed E-state index contributed by atoms with van der Waals surface area (Å²) in [5.74, 6) is 0.0882. The number of aromatic nitrogens is 4. The summed E-state index contributed by atoms with van der Waals surface area (Å²) >= 11 is 5.89. The second kappa shape index (κ2) is 11.1. The molecule has 0 aliphatic heterocycles. The highest BCUT2D eigenvalue weighted by Crippen LogP contribution is 2.15. The first kappa shape index (κ1) is 23.7. The van der Waals surface area contributed by atoms with Crippen molar-refractivity contribution < 1.29 is 14.7 Å². The number of carbonyl (C=O) groups is 2. The Balaban J connectivity index is 1.42. The average molecular weight is 492 g/mol. The van der Waals surface area contributed by atoms with Crippen molar-refractivity contribution >= 4 is 35.2 Å². The van der Waals surface area contributed by atoms with Gasteiger partial charge in [-0.1, -0.05) is 35.9 Å². The SMILES string of the molecule is O=C(CNc1cc(-n2ccnc2)nc(NCc2cccc(C(=O)O)c2)n1)NCc1ccc(Cl)cc1. The quantitative estimate of drug-likeness (QED) is 0.265. The molecule has 4 aromatic rings. The van der Waals surface area contributed by atoms with Crippen molar-refractivity contribution in [3.63, 3.8) is 0 Å². The largest absolute Gasteiger partial charge is 0.478 e. The fourth-order valence-corrected chi connectivity index (χ4v) is 3.29. The Morgan fingerprint density at radius 2 is 1.80 bits per heavy atom. The number of hydrogen-bond acceptors (Lipinski definition) is 7. The molecule has 0 aliphatic carbocycles. The zero-order valence-electron chi connectivity index (χ0n) is 18.5. The number of aromatic carboxylic acids is 1. The number of benzene rings is 2. The Morgan fingerprint density at radius 3 is 2.54 bits per heavy atom. The monoisotopic (exact) mass is 491 g/mol. The molecule has 178 valence electrons. The lowest BCUT2D eigenvalue weighted by Crippen LogP contribution is -2.29. The maximum Gasteiger partial charge on any atom is 0.335 e. The van der Waals surface area contributed by atoms with Crippen LogP contribution in [0.25, 0.3) is 5.82 Å². The van der Waals surface area contributed by atoms with E-state index in [4.69, 9.17) is 11.6 Å². The highest BCUT2D eigenvalue weighted by Gasteiger charge is 2.09. The molecule has 35 heavy (non-hydrogen) atoms. The fourth-order valence-electron chi connectivity index (χ4n) is 3.16. The molecule has 0 aliphatic rings. The lowest BCUT2D eigenvalue weighted by molar-refractivity contribution is -0.119. The number of nitrogens with one attached hydrogen (secondary N) is 3. The molecule has 0 fully saturated rings. The van der Waals surface area contributed by atoms with Gasteiger partial charge in [0.15, 0.2) is 0 Å². The number of anilines is 2. The number of rotatable bonds is 10. The Bertz CT molecular complexity index is 1310. The van der Waals surface area contributed by atoms with Crippen LogP contribution in [-0.4, -0.2) is 43.0 Å². The van der Waals surface area contributed by atoms with Crippen LogP contribution >= 0.6 is 11.6 Å². The van der Waals surface area contributed by atoms with Gasteiger partial charge >= 0.3 is 5.97 Å². The average Bonchev–Trinajstić information content (AvgIpc) is 3.41. The number of carboxylic acids is 1. The maximum atomic E-state index is 12.3. The maximum absolute atomic E-state index is 12.3. The van der Waals surface area contributed by atoms with E-state index < -0.39 is 5.97 Å². The normalized spacial score (nSPS) is 10.5. The predicted molar refractivity (Wildman–Crippen MR) is 132 cm³/mol. The summed E-state index contributed by atoms with van der Waals surface area (Å²) in [4.78, 5) is 36.5. The van der Waals surface area contributed by atoms with Gasteiger partial charge < -0.3 is 21.1 Å². The number of amides is 1. The van der Waals surface area contributed by atoms with Crippen LogP contribution in [-0.2, 0) is 17.9 Å². The first-order valence-electron chi connectivity index (χ1n) is 10.6. The van der Waals surface area contributed by atoms with E-state index in [0.717, 1.165) is 11.1 Å². The van der Waals surface area contributed by atoms with Gasteiger partial charge in [0.2, 0.25) is 11.9 Å². The summed E-state index contributed by atoms with van der Waals surface area (Å²) in [5, 5.41) is 18.8. The minimum Gasteiger partial charge on any atom is -0.478 e. The van der Waals surface area contributed by atoms with Gasteiger partial charge in [-0.15, -0.1) is 0 Å². The van der Waals surface area contributed by atoms with Crippen LogP contribution in [0.2, 0.25) is 5.02 Å². The zero-order valence-corrected chi connectivity index (χ0v) is 19.2. The third-order valence-corrected chi connectivity index (χ3v) is 5.19. The van der Waals surface area contributed by atoms with E-state index in [1.807, 2.05) is 18.2 Å². The van der Waals surface area contributed by atoms with Crippen LogP contribution in [0.3, 0.4) is 0 Å². The molecule has 0 saturated heterocycles. The molecule has 2 aromatic heterocycles. The Labute approximate surface area is 206 Å². The zero-order chi connectivity index (χ0) is 24.6. The van der Waals surface area contributed by atoms with E-state index in [0.29, 0.717) is 35.7 Å². The molecule has 2 heterocycles. The molecule has 4 rings (SSSR count). The lowest BCUT2D eigenvalue weighted by Gasteiger charge is -2.12. The van der Waals surface area contributed by atoms with Crippen LogP contribution in [0.4, 0.5) is 11.8 Å². The van der Waals surface area contributed by atoms with Crippen molar-refractivity contribution in [3.05, 3.63) is 95.0 Å². The van der Waals surface area contributed by atoms with Crippen LogP contribution in [0.1, 0.15) is 21.5 Å². The molecule has 0 unspecified atom stereocenters. The Morgan fingerprint density at radius 1 is 0.971 bits per heavy atom. The Hall–Kier alpha value is -4.44. The molecule has 0 saturated carbocycles. The summed E-state index contributed by atoms with van der Waals surface area (Å²) < 4.78 is 1.71. The molecule has 0 radical (unpaired) electrons. The van der Waals surface area contributed by atoms with Crippen molar-refractivity contribution in [2.24, 2.45) is 0 Å². The molecule has 10 nitrogen and oxygen atoms in total. The standard InChI is InChI=1S/C24H22ClN7O3/c25-19-6-4-16(5-7-19)12-28-22(33)14-27-20-11-21(32-9-8-26-15-32)31-24(30-20)29-13-17-2-1-3-18(10-17)23(34)35/h1-11,15H,12-14H2,(H,28,33)(H,34,35)(H2,27,29,30,31). The highest BCUT2D eigenvalue weighted by atomic mass is 35.5. The molecule has 0 bridgehead atoms. The minimum atomic E-state index is -0.994. The highest BCUT2D eigenvalue weighted by molar-refractivity contribution is 6.30. The van der Waals surface area contributed by atoms with E-state index in [2.05, 4.69) is 30.9 Å². The van der Waals surface area contributed by atoms with Crippen LogP contribution < -0.4 is 16.0 Å². The topological polar surface area (TPSA) is 134 Å². The summed E-state index contributed by atoms with van der Waals surface area (Å²) in [6.07, 6.45) is 4.97. The first-order valence-corrected chi connectivity index (χ1v) is 11.0. The second-order valence-electron chi connectivity index (χ2n) is 7.52. The van der Waals surface area contributed by atoms with Gasteiger partial charge in [0.1, 0.15) is 18.0 Å². The number of carboxylic acid groups (broad SMARTS) is 1. The number of nitrogens with zero attached hydrogens (tertiary/aromatic N) is 4. The van der Waals surface area contributed by atoms with Crippen LogP contribution in [0.5, 0.6) is 0 Å². The third kappa shape index (κ3) is 6.78. The van der Waals surface area contributed by atoms with Gasteiger partial charge in [0, 0.05) is 36.6 Å². The smallest absolute Gasteiger partial charge is 0.335 e. The van der Waals surface area contributed by atoms with E-state index >= 15 is 0 Å². The van der Waals surface area contributed by atoms with Gasteiger partial charge in [0.05, 0.1) is 12.1 Å². The number of carbonyl (C=O) groups excluding carboxylic acids is 1. The summed E-state index contributed by atoms with van der Waals surface area (Å²) in [7, 11) is 0. The van der Waals surface area contributed by atoms with E-state index in [1.54, 1.807) is 53.6 Å². The van der Waals surface area contributed by atoms with Gasteiger partial charge in [-0.25, -0.2) is 9.78 Å². The van der Waals surface area contributed by atoms with E-state index in [9.17, 15) is 14.7 Å². The molecule has 4 N–H and O–H groups in total. The summed E-state index contributed by atoms with van der Waals surface area (Å²) in [5.41, 5.74) is 1.90. The molecule has 1 amide bonds. The molecule has 11 heteroatoms. The van der Waals surface area contributed by atoms with E-state index in [1.165, 1.54) is 6.07 Å². The van der Waals surface area contributed by atoms with Crippen molar-refractivity contribution in [2.75, 3.05) is 17.2 Å². The van der Waals surface area contributed by atoms with Gasteiger partial charge in [-0.05, 0) is 35.4 Å². The molecule has 0 atom stereocenters. The molecular formula is C24H22ClN7O3. The fraction of sp³-hybridized carbons (Fsp3) is 0.125.